The minimum absolute atomic E-state index is 0.0631. The normalized spacial score (nSPS) is 16.0. The maximum absolute atomic E-state index is 12.9. The Labute approximate surface area is 182 Å². The Bertz CT molecular complexity index is 816. The summed E-state index contributed by atoms with van der Waals surface area (Å²) < 4.78 is 2.46. The third-order valence-electron chi connectivity index (χ3n) is 7.04. The van der Waals surface area contributed by atoms with Crippen LogP contribution in [0, 0.1) is 11.8 Å². The molecule has 4 heteroatoms. The van der Waals surface area contributed by atoms with Crippen molar-refractivity contribution in [1.29, 1.82) is 0 Å². The molecular formula is C26H40N2O2. The molecule has 30 heavy (non-hydrogen) atoms. The number of aliphatic hydroxyl groups is 1. The Hall–Kier alpha value is -1.68. The summed E-state index contributed by atoms with van der Waals surface area (Å²) in [6, 6.07) is 6.52. The lowest BCUT2D eigenvalue weighted by Gasteiger charge is -2.20. The van der Waals surface area contributed by atoms with E-state index in [2.05, 4.69) is 31.4 Å². The van der Waals surface area contributed by atoms with Crippen molar-refractivity contribution < 1.29 is 9.90 Å². The average molecular weight is 413 g/mol. The van der Waals surface area contributed by atoms with Crippen LogP contribution in [0.15, 0.2) is 18.2 Å². The number of aromatic nitrogens is 2. The number of imidazole rings is 1. The van der Waals surface area contributed by atoms with Crippen molar-refractivity contribution in [2.75, 3.05) is 6.61 Å². The van der Waals surface area contributed by atoms with Crippen molar-refractivity contribution in [2.45, 2.75) is 97.4 Å². The molecule has 2 aromatic rings. The third-order valence-corrected chi connectivity index (χ3v) is 7.04. The summed E-state index contributed by atoms with van der Waals surface area (Å²) in [4.78, 5) is 17.9. The van der Waals surface area contributed by atoms with Crippen LogP contribution < -0.4 is 0 Å². The van der Waals surface area contributed by atoms with E-state index < -0.39 is 0 Å². The van der Waals surface area contributed by atoms with Gasteiger partial charge in [0, 0.05) is 31.1 Å². The molecule has 0 bridgehead atoms. The first-order chi connectivity index (χ1) is 14.6. The van der Waals surface area contributed by atoms with Gasteiger partial charge in [0.25, 0.3) is 0 Å². The molecule has 0 saturated heterocycles. The van der Waals surface area contributed by atoms with Crippen LogP contribution in [0.4, 0.5) is 0 Å². The molecule has 4 nitrogen and oxygen atoms in total. The van der Waals surface area contributed by atoms with Gasteiger partial charge in [0.05, 0.1) is 11.0 Å². The zero-order chi connectivity index (χ0) is 21.5. The van der Waals surface area contributed by atoms with E-state index in [4.69, 9.17) is 4.98 Å². The molecule has 1 N–H and O–H groups in total. The van der Waals surface area contributed by atoms with Crippen LogP contribution >= 0.6 is 0 Å². The molecule has 1 heterocycles. The Kier molecular flexibility index (Phi) is 8.50. The van der Waals surface area contributed by atoms with E-state index in [1.165, 1.54) is 31.5 Å². The van der Waals surface area contributed by atoms with Gasteiger partial charge in [0.1, 0.15) is 5.82 Å². The predicted octanol–water partition coefficient (Wildman–Crippen LogP) is 6.50. The third kappa shape index (κ3) is 5.32. The van der Waals surface area contributed by atoms with Gasteiger partial charge in [-0.2, -0.15) is 0 Å². The second-order valence-corrected chi connectivity index (χ2v) is 9.24. The molecule has 0 amide bonds. The lowest BCUT2D eigenvalue weighted by Crippen LogP contribution is -2.14. The molecule has 1 fully saturated rings. The van der Waals surface area contributed by atoms with Gasteiger partial charge in [-0.25, -0.2) is 4.98 Å². The van der Waals surface area contributed by atoms with E-state index in [0.29, 0.717) is 12.5 Å². The lowest BCUT2D eigenvalue weighted by atomic mass is 9.94. The molecule has 0 radical (unpaired) electrons. The smallest absolute Gasteiger partial charge is 0.163 e. The van der Waals surface area contributed by atoms with Crippen molar-refractivity contribution >= 4 is 16.8 Å². The summed E-state index contributed by atoms with van der Waals surface area (Å²) in [7, 11) is 0. The zero-order valence-corrected chi connectivity index (χ0v) is 19.2. The van der Waals surface area contributed by atoms with Crippen LogP contribution in [0.1, 0.15) is 107 Å². The standard InChI is InChI=1S/C26H40N2O2/c1-4-7-10-20(18-29)15-25(30)21-13-14-24-23(17-21)27-26(16-19-11-8-9-12-19)28(24)22(5-2)6-3/h13-14,17,19-20,22,29H,4-12,15-16,18H2,1-3H3. The maximum atomic E-state index is 12.9. The summed E-state index contributed by atoms with van der Waals surface area (Å²) in [5, 5.41) is 9.64. The molecular weight excluding hydrogens is 372 g/mol. The van der Waals surface area contributed by atoms with Crippen LogP contribution in [0.25, 0.3) is 11.0 Å². The van der Waals surface area contributed by atoms with E-state index in [9.17, 15) is 9.90 Å². The van der Waals surface area contributed by atoms with Crippen molar-refractivity contribution in [3.05, 3.63) is 29.6 Å². The minimum atomic E-state index is 0.0631. The average Bonchev–Trinajstić information content (AvgIpc) is 3.39. The Morgan fingerprint density at radius 3 is 2.57 bits per heavy atom. The van der Waals surface area contributed by atoms with Gasteiger partial charge in [-0.3, -0.25) is 4.79 Å². The van der Waals surface area contributed by atoms with Gasteiger partial charge in [0.2, 0.25) is 0 Å². The fraction of sp³-hybridized carbons (Fsp3) is 0.692. The number of hydrogen-bond donors (Lipinski definition) is 1. The lowest BCUT2D eigenvalue weighted by molar-refractivity contribution is 0.0930. The van der Waals surface area contributed by atoms with Crippen LogP contribution in [0.5, 0.6) is 0 Å². The molecule has 1 aromatic carbocycles. The molecule has 1 saturated carbocycles. The Morgan fingerprint density at radius 2 is 1.93 bits per heavy atom. The fourth-order valence-electron chi connectivity index (χ4n) is 5.13. The van der Waals surface area contributed by atoms with Gasteiger partial charge in [-0.1, -0.05) is 59.3 Å². The largest absolute Gasteiger partial charge is 0.396 e. The highest BCUT2D eigenvalue weighted by Gasteiger charge is 2.23. The monoisotopic (exact) mass is 412 g/mol. The van der Waals surface area contributed by atoms with Crippen LogP contribution in [0.2, 0.25) is 0 Å². The number of fused-ring (bicyclic) bond motifs is 1. The molecule has 1 unspecified atom stereocenters. The number of benzene rings is 1. The summed E-state index contributed by atoms with van der Waals surface area (Å²) >= 11 is 0. The van der Waals surface area contributed by atoms with E-state index >= 15 is 0 Å². The Balaban J connectivity index is 1.88. The molecule has 1 aliphatic carbocycles. The molecule has 166 valence electrons. The second kappa shape index (κ2) is 11.1. The first-order valence-electron chi connectivity index (χ1n) is 12.3. The van der Waals surface area contributed by atoms with E-state index in [1.54, 1.807) is 0 Å². The summed E-state index contributed by atoms with van der Waals surface area (Å²) in [5.74, 6) is 2.14. The highest BCUT2D eigenvalue weighted by atomic mass is 16.3. The SMILES string of the molecule is CCCCC(CO)CC(=O)c1ccc2c(c1)nc(CC1CCCC1)n2C(CC)CC. The number of hydrogen-bond acceptors (Lipinski definition) is 3. The summed E-state index contributed by atoms with van der Waals surface area (Å²) in [5.41, 5.74) is 2.85. The second-order valence-electron chi connectivity index (χ2n) is 9.24. The first kappa shape index (κ1) is 23.0. The van der Waals surface area contributed by atoms with Gasteiger partial charge >= 0.3 is 0 Å². The van der Waals surface area contributed by atoms with E-state index in [0.717, 1.165) is 61.0 Å². The zero-order valence-electron chi connectivity index (χ0n) is 19.2. The predicted molar refractivity (Wildman–Crippen MR) is 124 cm³/mol. The van der Waals surface area contributed by atoms with Gasteiger partial charge in [-0.15, -0.1) is 0 Å². The van der Waals surface area contributed by atoms with E-state index in [1.807, 2.05) is 12.1 Å². The van der Waals surface area contributed by atoms with Crippen LogP contribution in [0.3, 0.4) is 0 Å². The number of rotatable bonds is 12. The summed E-state index contributed by atoms with van der Waals surface area (Å²) in [6.45, 7) is 6.73. The number of carbonyl (C=O) groups is 1. The first-order valence-corrected chi connectivity index (χ1v) is 12.3. The Morgan fingerprint density at radius 1 is 1.20 bits per heavy atom. The molecule has 3 rings (SSSR count). The number of ketones is 1. The summed E-state index contributed by atoms with van der Waals surface area (Å²) in [6.07, 6.45) is 12.0. The highest BCUT2D eigenvalue weighted by molar-refractivity contribution is 5.99. The van der Waals surface area contributed by atoms with Gasteiger partial charge in [-0.05, 0) is 49.3 Å². The van der Waals surface area contributed by atoms with Crippen molar-refractivity contribution in [1.82, 2.24) is 9.55 Å². The van der Waals surface area contributed by atoms with Crippen molar-refractivity contribution in [3.63, 3.8) is 0 Å². The molecule has 0 spiro atoms. The fourth-order valence-corrected chi connectivity index (χ4v) is 5.13. The molecule has 0 aliphatic heterocycles. The van der Waals surface area contributed by atoms with Crippen LogP contribution in [-0.4, -0.2) is 27.0 Å². The number of nitrogens with zero attached hydrogens (tertiary/aromatic N) is 2. The number of Topliss-reactive ketones (excluding diaryl/α,β-unsaturated/α-hetero) is 1. The van der Waals surface area contributed by atoms with E-state index in [-0.39, 0.29) is 18.3 Å². The molecule has 1 atom stereocenters. The molecule has 1 aromatic heterocycles. The quantitative estimate of drug-likeness (QED) is 0.405. The van der Waals surface area contributed by atoms with Crippen LogP contribution in [-0.2, 0) is 6.42 Å². The van der Waals surface area contributed by atoms with Gasteiger partial charge < -0.3 is 9.67 Å². The van der Waals surface area contributed by atoms with Gasteiger partial charge in [0.15, 0.2) is 5.78 Å². The van der Waals surface area contributed by atoms with Crippen molar-refractivity contribution in [2.24, 2.45) is 11.8 Å². The number of unbranched alkanes of at least 4 members (excludes halogenated alkanes) is 1. The maximum Gasteiger partial charge on any atom is 0.163 e. The molecule has 1 aliphatic rings. The minimum Gasteiger partial charge on any atom is -0.396 e. The highest BCUT2D eigenvalue weighted by Crippen LogP contribution is 2.32. The number of carbonyl (C=O) groups excluding carboxylic acids is 1. The topological polar surface area (TPSA) is 55.1 Å². The number of aliphatic hydroxyl groups excluding tert-OH is 1. The van der Waals surface area contributed by atoms with Crippen molar-refractivity contribution in [3.8, 4) is 0 Å².